The summed E-state index contributed by atoms with van der Waals surface area (Å²) >= 11 is 1.13. The molecule has 1 aromatic heterocycles. The molecule has 5 N–H and O–H groups in total. The Kier molecular flexibility index (Phi) is 2.62. The third kappa shape index (κ3) is 1.24. The number of aromatic nitrogens is 1. The van der Waals surface area contributed by atoms with Crippen LogP contribution in [0.2, 0.25) is 0 Å². The van der Waals surface area contributed by atoms with Gasteiger partial charge < -0.3 is 25.8 Å². The molecular weight excluding hydrogens is 284 g/mol. The van der Waals surface area contributed by atoms with Crippen LogP contribution in [-0.4, -0.2) is 50.1 Å². The Morgan fingerprint density at radius 3 is 2.60 bits per heavy atom. The lowest BCUT2D eigenvalue weighted by Crippen LogP contribution is -2.36. The van der Waals surface area contributed by atoms with E-state index in [2.05, 4.69) is 4.98 Å². The fourth-order valence-corrected chi connectivity index (χ4v) is 4.27. The van der Waals surface area contributed by atoms with Crippen LogP contribution in [0.4, 0.5) is 0 Å². The van der Waals surface area contributed by atoms with Crippen LogP contribution in [0.5, 0.6) is 0 Å². The van der Waals surface area contributed by atoms with Gasteiger partial charge in [0.1, 0.15) is 34.1 Å². The van der Waals surface area contributed by atoms with Crippen LogP contribution < -0.4 is 5.73 Å². The fourth-order valence-electron chi connectivity index (χ4n) is 3.37. The Morgan fingerprint density at radius 2 is 2.15 bits per heavy atom. The number of nitrogens with two attached hydrogens (primary N) is 1. The van der Waals surface area contributed by atoms with E-state index in [1.54, 1.807) is 13.8 Å². The van der Waals surface area contributed by atoms with Crippen LogP contribution in [0.1, 0.15) is 35.4 Å². The molecule has 1 aliphatic heterocycles. The lowest BCUT2D eigenvalue weighted by atomic mass is 10.00. The molecule has 2 fully saturated rings. The van der Waals surface area contributed by atoms with Crippen molar-refractivity contribution in [3.05, 3.63) is 16.1 Å². The number of nitrogens with zero attached hydrogens (tertiary/aromatic N) is 1. The van der Waals surface area contributed by atoms with Gasteiger partial charge in [0.05, 0.1) is 6.61 Å². The van der Waals surface area contributed by atoms with Gasteiger partial charge >= 0.3 is 0 Å². The number of amides is 1. The van der Waals surface area contributed by atoms with Crippen LogP contribution in [0.3, 0.4) is 0 Å². The van der Waals surface area contributed by atoms with E-state index in [4.69, 9.17) is 10.5 Å². The first kappa shape index (κ1) is 13.9. The normalized spacial score (nSPS) is 41.5. The molecule has 110 valence electrons. The summed E-state index contributed by atoms with van der Waals surface area (Å²) in [6.07, 6.45) is -1.79. The van der Waals surface area contributed by atoms with Gasteiger partial charge in [-0.15, -0.1) is 11.3 Å². The topological polar surface area (TPSA) is 126 Å². The SMILES string of the molecule is CC1(C)[C@]2(O)[C@H](c3nc(C(N)=O)cs3)O[C@H](CO)[C@]12O. The van der Waals surface area contributed by atoms with E-state index in [-0.39, 0.29) is 5.69 Å². The average Bonchev–Trinajstić information content (AvgIpc) is 2.82. The van der Waals surface area contributed by atoms with Crippen molar-refractivity contribution in [2.45, 2.75) is 37.3 Å². The third-order valence-corrected chi connectivity index (χ3v) is 5.62. The molecule has 2 aliphatic rings. The van der Waals surface area contributed by atoms with E-state index in [0.29, 0.717) is 5.01 Å². The molecule has 2 heterocycles. The number of ether oxygens (including phenoxy) is 1. The second kappa shape index (κ2) is 3.77. The Morgan fingerprint density at radius 1 is 1.50 bits per heavy atom. The predicted molar refractivity (Wildman–Crippen MR) is 69.0 cm³/mol. The molecule has 7 nitrogen and oxygen atoms in total. The molecule has 8 heteroatoms. The van der Waals surface area contributed by atoms with Gasteiger partial charge in [-0.2, -0.15) is 0 Å². The van der Waals surface area contributed by atoms with Gasteiger partial charge in [-0.1, -0.05) is 13.8 Å². The molecular formula is C12H16N2O5S. The highest BCUT2D eigenvalue weighted by Gasteiger charge is 2.92. The lowest BCUT2D eigenvalue weighted by Gasteiger charge is -2.24. The third-order valence-electron chi connectivity index (χ3n) is 4.73. The number of aliphatic hydroxyl groups is 3. The molecule has 0 unspecified atom stereocenters. The molecule has 0 radical (unpaired) electrons. The van der Waals surface area contributed by atoms with E-state index >= 15 is 0 Å². The molecule has 1 saturated carbocycles. The molecule has 0 bridgehead atoms. The minimum absolute atomic E-state index is 0.0895. The molecule has 3 rings (SSSR count). The highest BCUT2D eigenvalue weighted by Crippen LogP contribution is 2.76. The number of hydrogen-bond acceptors (Lipinski definition) is 7. The number of carbonyl (C=O) groups excluding carboxylic acids is 1. The van der Waals surface area contributed by atoms with Crippen molar-refractivity contribution < 1.29 is 24.9 Å². The van der Waals surface area contributed by atoms with Crippen molar-refractivity contribution >= 4 is 17.2 Å². The number of thiazole rings is 1. The Balaban J connectivity index is 2.01. The zero-order chi connectivity index (χ0) is 14.9. The second-order valence-corrected chi connectivity index (χ2v) is 6.67. The zero-order valence-corrected chi connectivity index (χ0v) is 11.8. The van der Waals surface area contributed by atoms with Crippen LogP contribution in [0.15, 0.2) is 5.38 Å². The summed E-state index contributed by atoms with van der Waals surface area (Å²) in [5, 5.41) is 32.6. The minimum atomic E-state index is -1.54. The summed E-state index contributed by atoms with van der Waals surface area (Å²) in [4.78, 5) is 15.1. The first-order valence-electron chi connectivity index (χ1n) is 6.18. The Labute approximate surface area is 119 Å². The van der Waals surface area contributed by atoms with Crippen molar-refractivity contribution in [2.24, 2.45) is 11.1 Å². The van der Waals surface area contributed by atoms with Crippen molar-refractivity contribution in [3.8, 4) is 0 Å². The number of aliphatic hydroxyl groups excluding tert-OH is 1. The van der Waals surface area contributed by atoms with Gasteiger partial charge in [0, 0.05) is 10.8 Å². The largest absolute Gasteiger partial charge is 0.394 e. The first-order chi connectivity index (χ1) is 9.21. The summed E-state index contributed by atoms with van der Waals surface area (Å²) in [5.41, 5.74) is 1.33. The highest BCUT2D eigenvalue weighted by atomic mass is 32.1. The average molecular weight is 300 g/mol. The highest BCUT2D eigenvalue weighted by molar-refractivity contribution is 7.09. The van der Waals surface area contributed by atoms with Crippen LogP contribution >= 0.6 is 11.3 Å². The summed E-state index contributed by atoms with van der Waals surface area (Å²) in [6, 6.07) is 0. The van der Waals surface area contributed by atoms with Gasteiger partial charge in [0.15, 0.2) is 0 Å². The van der Waals surface area contributed by atoms with E-state index in [1.165, 1.54) is 5.38 Å². The zero-order valence-electron chi connectivity index (χ0n) is 11.0. The second-order valence-electron chi connectivity index (χ2n) is 5.78. The van der Waals surface area contributed by atoms with Gasteiger partial charge in [-0.3, -0.25) is 4.79 Å². The summed E-state index contributed by atoms with van der Waals surface area (Å²) in [6.45, 7) is 2.99. The maximum Gasteiger partial charge on any atom is 0.268 e. The van der Waals surface area contributed by atoms with Crippen LogP contribution in [0, 0.1) is 5.41 Å². The van der Waals surface area contributed by atoms with Crippen LogP contribution in [0.25, 0.3) is 0 Å². The van der Waals surface area contributed by atoms with Gasteiger partial charge in [0.25, 0.3) is 5.91 Å². The van der Waals surface area contributed by atoms with Crippen molar-refractivity contribution in [1.29, 1.82) is 0 Å². The van der Waals surface area contributed by atoms with E-state index in [1.807, 2.05) is 0 Å². The molecule has 20 heavy (non-hydrogen) atoms. The number of primary amides is 1. The van der Waals surface area contributed by atoms with E-state index in [0.717, 1.165) is 11.3 Å². The van der Waals surface area contributed by atoms with Crippen molar-refractivity contribution in [2.75, 3.05) is 6.61 Å². The van der Waals surface area contributed by atoms with E-state index < -0.39 is 41.3 Å². The maximum atomic E-state index is 11.1. The molecule has 1 amide bonds. The molecule has 1 saturated heterocycles. The van der Waals surface area contributed by atoms with Gasteiger partial charge in [0.2, 0.25) is 0 Å². The molecule has 1 aliphatic carbocycles. The number of hydrogen-bond donors (Lipinski definition) is 4. The van der Waals surface area contributed by atoms with Crippen molar-refractivity contribution in [3.63, 3.8) is 0 Å². The van der Waals surface area contributed by atoms with E-state index in [9.17, 15) is 20.1 Å². The van der Waals surface area contributed by atoms with Crippen molar-refractivity contribution in [1.82, 2.24) is 4.98 Å². The molecule has 0 aromatic carbocycles. The number of rotatable bonds is 3. The van der Waals surface area contributed by atoms with Gasteiger partial charge in [-0.05, 0) is 0 Å². The summed E-state index contributed by atoms with van der Waals surface area (Å²) < 4.78 is 5.54. The molecule has 0 spiro atoms. The Hall–Kier alpha value is -1.06. The minimum Gasteiger partial charge on any atom is -0.394 e. The monoisotopic (exact) mass is 300 g/mol. The fraction of sp³-hybridized carbons (Fsp3) is 0.667. The van der Waals surface area contributed by atoms with Gasteiger partial charge in [-0.25, -0.2) is 4.98 Å². The summed E-state index contributed by atoms with van der Waals surface area (Å²) in [7, 11) is 0. The summed E-state index contributed by atoms with van der Waals surface area (Å²) in [5.74, 6) is -0.665. The Bertz CT molecular complexity index is 588. The first-order valence-corrected chi connectivity index (χ1v) is 7.06. The quantitative estimate of drug-likeness (QED) is 0.577. The smallest absolute Gasteiger partial charge is 0.268 e. The lowest BCUT2D eigenvalue weighted by molar-refractivity contribution is -0.0971. The predicted octanol–water partition coefficient (Wildman–Crippen LogP) is -0.824. The molecule has 4 atom stereocenters. The standard InChI is InChI=1S/C12H16N2O5S/c1-10(2)11(17)6(3-15)19-7(12(10,11)18)9-14-5(4-20-9)8(13)16/h4,6-7,15,17-18H,3H2,1-2H3,(H2,13,16)/t6-,7+,11+,12-/m1/s1. The number of carbonyl (C=O) groups is 1. The van der Waals surface area contributed by atoms with Crippen LogP contribution in [-0.2, 0) is 4.74 Å². The number of fused-ring (bicyclic) bond motifs is 1. The molecule has 1 aromatic rings. The maximum absolute atomic E-state index is 11.1.